The van der Waals surface area contributed by atoms with E-state index in [1.807, 2.05) is 59.7 Å². The summed E-state index contributed by atoms with van der Waals surface area (Å²) in [5.41, 5.74) is 2.38. The number of carbonyl (C=O) groups excluding carboxylic acids is 2. The fourth-order valence-corrected chi connectivity index (χ4v) is 5.05. The van der Waals surface area contributed by atoms with Gasteiger partial charge in [0.25, 0.3) is 5.91 Å². The van der Waals surface area contributed by atoms with E-state index in [-0.39, 0.29) is 23.6 Å². The molecule has 0 saturated carbocycles. The molecule has 2 amide bonds. The first kappa shape index (κ1) is 23.8. The van der Waals surface area contributed by atoms with Crippen molar-refractivity contribution in [1.29, 1.82) is 0 Å². The van der Waals surface area contributed by atoms with Crippen LogP contribution in [0.15, 0.2) is 53.7 Å². The van der Waals surface area contributed by atoms with Crippen molar-refractivity contribution in [3.63, 3.8) is 0 Å². The molecule has 1 aromatic heterocycles. The fraction of sp³-hybridized carbons (Fsp3) is 0.360. The van der Waals surface area contributed by atoms with E-state index < -0.39 is 0 Å². The van der Waals surface area contributed by atoms with E-state index in [4.69, 9.17) is 4.74 Å². The van der Waals surface area contributed by atoms with Gasteiger partial charge in [0, 0.05) is 18.7 Å². The number of aryl methyl sites for hydroxylation is 1. The molecule has 34 heavy (non-hydrogen) atoms. The maximum atomic E-state index is 13.2. The number of thioether (sulfide) groups is 1. The SMILES string of the molecule is CCn1c(SCC(=O)Nc2ccccc2OC)nnc1C1CCCN1C(=O)c1cccc(C)c1. The molecule has 1 unspecified atom stereocenters. The van der Waals surface area contributed by atoms with Crippen LogP contribution in [-0.4, -0.2) is 50.9 Å². The van der Waals surface area contributed by atoms with Gasteiger partial charge >= 0.3 is 0 Å². The van der Waals surface area contributed by atoms with E-state index in [1.54, 1.807) is 19.2 Å². The molecule has 1 N–H and O–H groups in total. The van der Waals surface area contributed by atoms with Crippen molar-refractivity contribution in [3.05, 3.63) is 65.5 Å². The lowest BCUT2D eigenvalue weighted by Crippen LogP contribution is -2.32. The standard InChI is InChI=1S/C25H29N5O3S/c1-4-29-23(20-12-8-14-30(20)24(32)18-10-7-9-17(2)15-18)27-28-25(29)34-16-22(31)26-19-11-5-6-13-21(19)33-3/h5-7,9-11,13,15,20H,4,8,12,14,16H2,1-3H3,(H,26,31). The molecule has 0 spiro atoms. The monoisotopic (exact) mass is 479 g/mol. The zero-order chi connectivity index (χ0) is 24.1. The number of hydrogen-bond acceptors (Lipinski definition) is 6. The van der Waals surface area contributed by atoms with Crippen LogP contribution in [0, 0.1) is 6.92 Å². The van der Waals surface area contributed by atoms with Crippen LogP contribution < -0.4 is 10.1 Å². The summed E-state index contributed by atoms with van der Waals surface area (Å²) >= 11 is 1.33. The number of anilines is 1. The Balaban J connectivity index is 1.46. The number of rotatable bonds is 8. The third kappa shape index (κ3) is 5.09. The third-order valence-electron chi connectivity index (χ3n) is 5.85. The van der Waals surface area contributed by atoms with Crippen molar-refractivity contribution in [3.8, 4) is 5.75 Å². The van der Waals surface area contributed by atoms with E-state index >= 15 is 0 Å². The number of ether oxygens (including phenoxy) is 1. The average Bonchev–Trinajstić information content (AvgIpc) is 3.49. The number of nitrogens with one attached hydrogen (secondary N) is 1. The maximum Gasteiger partial charge on any atom is 0.254 e. The molecular weight excluding hydrogens is 450 g/mol. The van der Waals surface area contributed by atoms with Gasteiger partial charge in [-0.1, -0.05) is 41.6 Å². The topological polar surface area (TPSA) is 89.3 Å². The van der Waals surface area contributed by atoms with Crippen LogP contribution in [0.1, 0.15) is 47.6 Å². The summed E-state index contributed by atoms with van der Waals surface area (Å²) in [7, 11) is 1.57. The van der Waals surface area contributed by atoms with E-state index in [1.165, 1.54) is 11.8 Å². The Hall–Kier alpha value is -3.33. The van der Waals surface area contributed by atoms with Gasteiger partial charge in [0.1, 0.15) is 5.75 Å². The molecule has 4 rings (SSSR count). The van der Waals surface area contributed by atoms with E-state index in [0.717, 1.165) is 24.2 Å². The lowest BCUT2D eigenvalue weighted by atomic mass is 10.1. The zero-order valence-corrected chi connectivity index (χ0v) is 20.5. The molecule has 2 aromatic carbocycles. The summed E-state index contributed by atoms with van der Waals surface area (Å²) in [4.78, 5) is 27.7. The van der Waals surface area contributed by atoms with E-state index in [0.29, 0.717) is 35.2 Å². The quantitative estimate of drug-likeness (QED) is 0.484. The second kappa shape index (κ2) is 10.7. The highest BCUT2D eigenvalue weighted by atomic mass is 32.2. The van der Waals surface area contributed by atoms with Gasteiger partial charge in [-0.15, -0.1) is 10.2 Å². The minimum Gasteiger partial charge on any atom is -0.495 e. The molecule has 0 bridgehead atoms. The summed E-state index contributed by atoms with van der Waals surface area (Å²) in [6.45, 7) is 5.35. The summed E-state index contributed by atoms with van der Waals surface area (Å²) < 4.78 is 7.30. The van der Waals surface area contributed by atoms with Crippen LogP contribution in [0.4, 0.5) is 5.69 Å². The Labute approximate surface area is 203 Å². The molecule has 1 fully saturated rings. The molecule has 0 radical (unpaired) electrons. The van der Waals surface area contributed by atoms with Crippen LogP contribution >= 0.6 is 11.8 Å². The number of methoxy groups -OCH3 is 1. The summed E-state index contributed by atoms with van der Waals surface area (Å²) in [6.07, 6.45) is 1.76. The van der Waals surface area contributed by atoms with Crippen molar-refractivity contribution in [2.75, 3.05) is 24.7 Å². The van der Waals surface area contributed by atoms with Gasteiger partial charge in [0.2, 0.25) is 5.91 Å². The molecule has 1 aliphatic rings. The first-order chi connectivity index (χ1) is 16.5. The number of aromatic nitrogens is 3. The Kier molecular flexibility index (Phi) is 7.52. The molecular formula is C25H29N5O3S. The lowest BCUT2D eigenvalue weighted by molar-refractivity contribution is -0.113. The fourth-order valence-electron chi connectivity index (χ4n) is 4.24. The third-order valence-corrected chi connectivity index (χ3v) is 6.82. The van der Waals surface area contributed by atoms with Crippen molar-refractivity contribution < 1.29 is 14.3 Å². The van der Waals surface area contributed by atoms with Crippen molar-refractivity contribution in [2.45, 2.75) is 44.4 Å². The van der Waals surface area contributed by atoms with Crippen molar-refractivity contribution >= 4 is 29.3 Å². The summed E-state index contributed by atoms with van der Waals surface area (Å²) in [5, 5.41) is 12.4. The summed E-state index contributed by atoms with van der Waals surface area (Å²) in [6, 6.07) is 14.8. The Bertz CT molecular complexity index is 1180. The number of likely N-dealkylation sites (tertiary alicyclic amines) is 1. The molecule has 2 heterocycles. The van der Waals surface area contributed by atoms with Gasteiger partial charge in [-0.2, -0.15) is 0 Å². The predicted molar refractivity (Wildman–Crippen MR) is 132 cm³/mol. The molecule has 178 valence electrons. The van der Waals surface area contributed by atoms with Crippen LogP contribution in [0.3, 0.4) is 0 Å². The first-order valence-corrected chi connectivity index (χ1v) is 12.4. The van der Waals surface area contributed by atoms with Gasteiger partial charge in [0.15, 0.2) is 11.0 Å². The minimum absolute atomic E-state index is 0.0160. The molecule has 0 aliphatic carbocycles. The Morgan fingerprint density at radius 2 is 2.00 bits per heavy atom. The Morgan fingerprint density at radius 3 is 2.76 bits per heavy atom. The number of amides is 2. The number of nitrogens with zero attached hydrogens (tertiary/aromatic N) is 4. The van der Waals surface area contributed by atoms with Gasteiger partial charge in [-0.05, 0) is 51.0 Å². The predicted octanol–water partition coefficient (Wildman–Crippen LogP) is 4.32. The van der Waals surface area contributed by atoms with Gasteiger partial charge in [0.05, 0.1) is 24.6 Å². The normalized spacial score (nSPS) is 15.4. The van der Waals surface area contributed by atoms with Crippen LogP contribution in [-0.2, 0) is 11.3 Å². The molecule has 1 atom stereocenters. The van der Waals surface area contributed by atoms with Crippen molar-refractivity contribution in [1.82, 2.24) is 19.7 Å². The molecule has 3 aromatic rings. The average molecular weight is 480 g/mol. The van der Waals surface area contributed by atoms with E-state index in [2.05, 4.69) is 15.5 Å². The minimum atomic E-state index is -0.154. The van der Waals surface area contributed by atoms with Crippen molar-refractivity contribution in [2.24, 2.45) is 0 Å². The first-order valence-electron chi connectivity index (χ1n) is 11.4. The van der Waals surface area contributed by atoms with E-state index in [9.17, 15) is 9.59 Å². The second-order valence-corrected chi connectivity index (χ2v) is 9.09. The number of para-hydroxylation sites is 2. The highest BCUT2D eigenvalue weighted by Crippen LogP contribution is 2.34. The zero-order valence-electron chi connectivity index (χ0n) is 19.7. The lowest BCUT2D eigenvalue weighted by Gasteiger charge is -2.24. The highest BCUT2D eigenvalue weighted by molar-refractivity contribution is 7.99. The van der Waals surface area contributed by atoms with Gasteiger partial charge in [-0.3, -0.25) is 9.59 Å². The van der Waals surface area contributed by atoms with Crippen LogP contribution in [0.5, 0.6) is 5.75 Å². The van der Waals surface area contributed by atoms with Gasteiger partial charge in [-0.25, -0.2) is 0 Å². The van der Waals surface area contributed by atoms with Crippen LogP contribution in [0.25, 0.3) is 0 Å². The Morgan fingerprint density at radius 1 is 1.18 bits per heavy atom. The van der Waals surface area contributed by atoms with Crippen LogP contribution in [0.2, 0.25) is 0 Å². The molecule has 8 nitrogen and oxygen atoms in total. The molecule has 1 saturated heterocycles. The summed E-state index contributed by atoms with van der Waals surface area (Å²) in [5.74, 6) is 1.43. The highest BCUT2D eigenvalue weighted by Gasteiger charge is 2.34. The number of hydrogen-bond donors (Lipinski definition) is 1. The number of benzene rings is 2. The van der Waals surface area contributed by atoms with Gasteiger partial charge < -0.3 is 19.5 Å². The number of carbonyl (C=O) groups is 2. The maximum absolute atomic E-state index is 13.2. The molecule has 1 aliphatic heterocycles. The smallest absolute Gasteiger partial charge is 0.254 e. The molecule has 9 heteroatoms. The largest absolute Gasteiger partial charge is 0.495 e. The second-order valence-electron chi connectivity index (χ2n) is 8.15.